The normalized spacial score (nSPS) is 25.4. The SMILES string of the molecule is CC1CCCC(C(=O)c2ccc(Br)cc2)C1. The van der Waals surface area contributed by atoms with Crippen LogP contribution in [-0.2, 0) is 0 Å². The lowest BCUT2D eigenvalue weighted by molar-refractivity contribution is 0.0868. The quantitative estimate of drug-likeness (QED) is 0.731. The highest BCUT2D eigenvalue weighted by Crippen LogP contribution is 2.31. The summed E-state index contributed by atoms with van der Waals surface area (Å²) in [5.74, 6) is 1.29. The molecule has 0 aromatic heterocycles. The van der Waals surface area contributed by atoms with E-state index in [-0.39, 0.29) is 5.92 Å². The first-order valence-corrected chi connectivity index (χ1v) is 6.76. The van der Waals surface area contributed by atoms with Gasteiger partial charge in [-0.15, -0.1) is 0 Å². The van der Waals surface area contributed by atoms with Crippen LogP contribution in [0.15, 0.2) is 28.7 Å². The largest absolute Gasteiger partial charge is 0.294 e. The number of carbonyl (C=O) groups excluding carboxylic acids is 1. The van der Waals surface area contributed by atoms with E-state index in [2.05, 4.69) is 22.9 Å². The lowest BCUT2D eigenvalue weighted by Crippen LogP contribution is -2.21. The van der Waals surface area contributed by atoms with Crippen molar-refractivity contribution in [1.82, 2.24) is 0 Å². The average Bonchev–Trinajstić information content (AvgIpc) is 2.29. The van der Waals surface area contributed by atoms with Crippen LogP contribution in [0, 0.1) is 11.8 Å². The van der Waals surface area contributed by atoms with E-state index in [1.54, 1.807) is 0 Å². The first kappa shape index (κ1) is 11.8. The zero-order chi connectivity index (χ0) is 11.5. The maximum Gasteiger partial charge on any atom is 0.165 e. The molecule has 1 aliphatic carbocycles. The first-order valence-electron chi connectivity index (χ1n) is 5.96. The lowest BCUT2D eigenvalue weighted by Gasteiger charge is -2.25. The summed E-state index contributed by atoms with van der Waals surface area (Å²) in [5, 5.41) is 0. The van der Waals surface area contributed by atoms with Crippen LogP contribution in [0.2, 0.25) is 0 Å². The molecule has 16 heavy (non-hydrogen) atoms. The van der Waals surface area contributed by atoms with Crippen LogP contribution in [0.25, 0.3) is 0 Å². The molecule has 0 N–H and O–H groups in total. The second-order valence-corrected chi connectivity index (χ2v) is 5.76. The molecule has 0 aliphatic heterocycles. The lowest BCUT2D eigenvalue weighted by atomic mass is 9.79. The van der Waals surface area contributed by atoms with E-state index in [1.165, 1.54) is 12.8 Å². The summed E-state index contributed by atoms with van der Waals surface area (Å²) in [6.07, 6.45) is 4.62. The van der Waals surface area contributed by atoms with E-state index >= 15 is 0 Å². The predicted octanol–water partition coefficient (Wildman–Crippen LogP) is 4.46. The molecule has 0 heterocycles. The Bertz CT molecular complexity index is 369. The van der Waals surface area contributed by atoms with Crippen molar-refractivity contribution in [2.45, 2.75) is 32.6 Å². The highest BCUT2D eigenvalue weighted by atomic mass is 79.9. The number of benzene rings is 1. The molecular formula is C14H17BrO. The fourth-order valence-electron chi connectivity index (χ4n) is 2.52. The maximum absolute atomic E-state index is 12.2. The van der Waals surface area contributed by atoms with Gasteiger partial charge in [-0.25, -0.2) is 0 Å². The number of rotatable bonds is 2. The van der Waals surface area contributed by atoms with Crippen LogP contribution >= 0.6 is 15.9 Å². The average molecular weight is 281 g/mol. The smallest absolute Gasteiger partial charge is 0.165 e. The summed E-state index contributed by atoms with van der Waals surface area (Å²) in [6, 6.07) is 7.73. The fourth-order valence-corrected chi connectivity index (χ4v) is 2.79. The molecule has 0 bridgehead atoms. The van der Waals surface area contributed by atoms with Gasteiger partial charge in [-0.3, -0.25) is 4.79 Å². The number of Topliss-reactive ketones (excluding diaryl/α,β-unsaturated/α-hetero) is 1. The minimum atomic E-state index is 0.255. The zero-order valence-corrected chi connectivity index (χ0v) is 11.2. The number of hydrogen-bond donors (Lipinski definition) is 0. The van der Waals surface area contributed by atoms with Crippen molar-refractivity contribution in [2.24, 2.45) is 11.8 Å². The molecule has 1 fully saturated rings. The Morgan fingerprint density at radius 1 is 1.25 bits per heavy atom. The third-order valence-electron chi connectivity index (χ3n) is 3.44. The Kier molecular flexibility index (Phi) is 3.80. The Hall–Kier alpha value is -0.630. The van der Waals surface area contributed by atoms with Gasteiger partial charge in [0.2, 0.25) is 0 Å². The van der Waals surface area contributed by atoms with Crippen molar-refractivity contribution < 1.29 is 4.79 Å². The van der Waals surface area contributed by atoms with Gasteiger partial charge < -0.3 is 0 Å². The van der Waals surface area contributed by atoms with Crippen molar-refractivity contribution in [2.75, 3.05) is 0 Å². The van der Waals surface area contributed by atoms with E-state index in [1.807, 2.05) is 24.3 Å². The van der Waals surface area contributed by atoms with E-state index in [0.717, 1.165) is 22.9 Å². The van der Waals surface area contributed by atoms with Crippen molar-refractivity contribution >= 4 is 21.7 Å². The van der Waals surface area contributed by atoms with Crippen LogP contribution < -0.4 is 0 Å². The molecule has 1 nitrogen and oxygen atoms in total. The second-order valence-electron chi connectivity index (χ2n) is 4.84. The fraction of sp³-hybridized carbons (Fsp3) is 0.500. The molecule has 2 unspecified atom stereocenters. The molecule has 2 rings (SSSR count). The summed E-state index contributed by atoms with van der Waals surface area (Å²) in [5.41, 5.74) is 0.863. The summed E-state index contributed by atoms with van der Waals surface area (Å²) in [7, 11) is 0. The minimum absolute atomic E-state index is 0.255. The molecule has 2 heteroatoms. The summed E-state index contributed by atoms with van der Waals surface area (Å²) in [4.78, 5) is 12.2. The molecule has 0 spiro atoms. The van der Waals surface area contributed by atoms with Crippen molar-refractivity contribution in [3.05, 3.63) is 34.3 Å². The van der Waals surface area contributed by atoms with Gasteiger partial charge in [-0.2, -0.15) is 0 Å². The van der Waals surface area contributed by atoms with Crippen molar-refractivity contribution in [3.63, 3.8) is 0 Å². The third-order valence-corrected chi connectivity index (χ3v) is 3.96. The van der Waals surface area contributed by atoms with Gasteiger partial charge in [0.25, 0.3) is 0 Å². The Balaban J connectivity index is 2.09. The van der Waals surface area contributed by atoms with Gasteiger partial charge in [-0.1, -0.05) is 47.8 Å². The van der Waals surface area contributed by atoms with Crippen LogP contribution in [0.1, 0.15) is 43.0 Å². The van der Waals surface area contributed by atoms with Gasteiger partial charge in [0.15, 0.2) is 5.78 Å². The number of ketones is 1. The van der Waals surface area contributed by atoms with Crippen LogP contribution in [0.5, 0.6) is 0 Å². The number of carbonyl (C=O) groups is 1. The molecule has 86 valence electrons. The number of halogens is 1. The van der Waals surface area contributed by atoms with Gasteiger partial charge in [0, 0.05) is 16.0 Å². The summed E-state index contributed by atoms with van der Waals surface area (Å²) >= 11 is 3.39. The Morgan fingerprint density at radius 3 is 2.56 bits per heavy atom. The molecule has 0 amide bonds. The Morgan fingerprint density at radius 2 is 1.94 bits per heavy atom. The molecule has 1 saturated carbocycles. The minimum Gasteiger partial charge on any atom is -0.294 e. The second kappa shape index (κ2) is 5.13. The highest BCUT2D eigenvalue weighted by molar-refractivity contribution is 9.10. The molecule has 1 aromatic carbocycles. The summed E-state index contributed by atoms with van der Waals surface area (Å²) < 4.78 is 1.03. The Labute approximate surface area is 105 Å². The van der Waals surface area contributed by atoms with E-state index in [4.69, 9.17) is 0 Å². The van der Waals surface area contributed by atoms with Crippen molar-refractivity contribution in [1.29, 1.82) is 0 Å². The molecule has 1 aromatic rings. The highest BCUT2D eigenvalue weighted by Gasteiger charge is 2.25. The predicted molar refractivity (Wildman–Crippen MR) is 69.6 cm³/mol. The molecule has 1 aliphatic rings. The van der Waals surface area contributed by atoms with Gasteiger partial charge in [0.1, 0.15) is 0 Å². The molecular weight excluding hydrogens is 264 g/mol. The zero-order valence-electron chi connectivity index (χ0n) is 9.58. The monoisotopic (exact) mass is 280 g/mol. The standard InChI is InChI=1S/C14H17BrO/c1-10-3-2-4-12(9-10)14(16)11-5-7-13(15)8-6-11/h5-8,10,12H,2-4,9H2,1H3. The van der Waals surface area contributed by atoms with E-state index in [9.17, 15) is 4.79 Å². The first-order chi connectivity index (χ1) is 7.66. The molecule has 2 atom stereocenters. The molecule has 0 radical (unpaired) electrons. The third kappa shape index (κ3) is 2.73. The molecule has 0 saturated heterocycles. The maximum atomic E-state index is 12.2. The van der Waals surface area contributed by atoms with Crippen LogP contribution in [0.4, 0.5) is 0 Å². The van der Waals surface area contributed by atoms with Crippen molar-refractivity contribution in [3.8, 4) is 0 Å². The van der Waals surface area contributed by atoms with Gasteiger partial charge in [0.05, 0.1) is 0 Å². The topological polar surface area (TPSA) is 17.1 Å². The van der Waals surface area contributed by atoms with Crippen LogP contribution in [0.3, 0.4) is 0 Å². The number of hydrogen-bond acceptors (Lipinski definition) is 1. The van der Waals surface area contributed by atoms with E-state index in [0.29, 0.717) is 11.7 Å². The summed E-state index contributed by atoms with van der Waals surface area (Å²) in [6.45, 7) is 2.25. The van der Waals surface area contributed by atoms with Gasteiger partial charge in [-0.05, 0) is 30.9 Å². The van der Waals surface area contributed by atoms with Crippen LogP contribution in [-0.4, -0.2) is 5.78 Å². The van der Waals surface area contributed by atoms with E-state index < -0.39 is 0 Å². The van der Waals surface area contributed by atoms with Gasteiger partial charge >= 0.3 is 0 Å².